The van der Waals surface area contributed by atoms with Gasteiger partial charge >= 0.3 is 5.97 Å². The average molecular weight is 295 g/mol. The molecule has 2 rings (SSSR count). The van der Waals surface area contributed by atoms with Gasteiger partial charge in [0.1, 0.15) is 0 Å². The molecule has 0 unspecified atom stereocenters. The molecule has 0 spiro atoms. The second-order valence-corrected chi connectivity index (χ2v) is 4.79. The monoisotopic (exact) mass is 295 g/mol. The highest BCUT2D eigenvalue weighted by Crippen LogP contribution is 2.26. The summed E-state index contributed by atoms with van der Waals surface area (Å²) in [6, 6.07) is 12.8. The van der Waals surface area contributed by atoms with Crippen LogP contribution in [0.2, 0.25) is 0 Å². The highest BCUT2D eigenvalue weighted by Gasteiger charge is 2.09. The molecule has 2 aromatic rings. The maximum atomic E-state index is 11.6. The van der Waals surface area contributed by atoms with E-state index in [0.29, 0.717) is 11.3 Å². The van der Waals surface area contributed by atoms with Crippen LogP contribution < -0.4 is 5.32 Å². The van der Waals surface area contributed by atoms with Gasteiger partial charge in [0.05, 0.1) is 12.7 Å². The van der Waals surface area contributed by atoms with Crippen LogP contribution in [0.4, 0.5) is 5.69 Å². The topological polar surface area (TPSA) is 55.4 Å². The Bertz CT molecular complexity index is 718. The fraction of sp³-hybridized carbons (Fsp3) is 0.111. The van der Waals surface area contributed by atoms with Gasteiger partial charge in [0.2, 0.25) is 5.91 Å². The second kappa shape index (κ2) is 6.72. The Balaban J connectivity index is 2.33. The number of nitrogens with one attached hydrogen (secondary N) is 1. The Labute approximate surface area is 129 Å². The summed E-state index contributed by atoms with van der Waals surface area (Å²) in [6.45, 7) is 5.39. The van der Waals surface area contributed by atoms with Gasteiger partial charge in [-0.25, -0.2) is 4.79 Å². The molecule has 0 radical (unpaired) electrons. The first-order valence-corrected chi connectivity index (χ1v) is 6.78. The normalized spacial score (nSPS) is 9.91. The number of methoxy groups -OCH3 is 1. The number of ether oxygens (including phenoxy) is 1. The zero-order valence-electron chi connectivity index (χ0n) is 12.6. The summed E-state index contributed by atoms with van der Waals surface area (Å²) in [5.74, 6) is -0.618. The third-order valence-corrected chi connectivity index (χ3v) is 3.31. The number of anilines is 1. The Kier molecular flexibility index (Phi) is 4.73. The van der Waals surface area contributed by atoms with Crippen molar-refractivity contribution in [1.82, 2.24) is 0 Å². The fourth-order valence-corrected chi connectivity index (χ4v) is 2.10. The van der Waals surface area contributed by atoms with Crippen LogP contribution in [0, 0.1) is 6.92 Å². The molecular formula is C18H17NO3. The first-order valence-electron chi connectivity index (χ1n) is 6.78. The summed E-state index contributed by atoms with van der Waals surface area (Å²) in [6.07, 6.45) is 1.22. The van der Waals surface area contributed by atoms with Gasteiger partial charge in [-0.3, -0.25) is 4.79 Å². The van der Waals surface area contributed by atoms with Crippen molar-refractivity contribution in [3.05, 3.63) is 66.2 Å². The van der Waals surface area contributed by atoms with Crippen LogP contribution in [0.25, 0.3) is 11.1 Å². The van der Waals surface area contributed by atoms with Crippen molar-refractivity contribution < 1.29 is 14.3 Å². The van der Waals surface area contributed by atoms with Crippen molar-refractivity contribution in [2.24, 2.45) is 0 Å². The van der Waals surface area contributed by atoms with Gasteiger partial charge < -0.3 is 10.1 Å². The lowest BCUT2D eigenvalue weighted by atomic mass is 9.98. The van der Waals surface area contributed by atoms with E-state index in [-0.39, 0.29) is 11.9 Å². The first-order chi connectivity index (χ1) is 10.5. The number of rotatable bonds is 4. The minimum absolute atomic E-state index is 0.253. The molecule has 0 aliphatic carbocycles. The van der Waals surface area contributed by atoms with E-state index in [0.717, 1.165) is 16.7 Å². The molecule has 0 aliphatic heterocycles. The number of benzene rings is 2. The van der Waals surface area contributed by atoms with E-state index in [4.69, 9.17) is 4.74 Å². The Hall–Kier alpha value is -2.88. The molecule has 4 nitrogen and oxygen atoms in total. The number of aryl methyl sites for hydroxylation is 1. The van der Waals surface area contributed by atoms with E-state index >= 15 is 0 Å². The summed E-state index contributed by atoms with van der Waals surface area (Å²) in [4.78, 5) is 22.9. The molecular weight excluding hydrogens is 278 g/mol. The molecule has 0 fully saturated rings. The molecule has 2 aromatic carbocycles. The van der Waals surface area contributed by atoms with Gasteiger partial charge in [0.25, 0.3) is 0 Å². The van der Waals surface area contributed by atoms with Crippen LogP contribution >= 0.6 is 0 Å². The van der Waals surface area contributed by atoms with Crippen molar-refractivity contribution in [1.29, 1.82) is 0 Å². The van der Waals surface area contributed by atoms with Crippen molar-refractivity contribution in [2.75, 3.05) is 12.4 Å². The minimum Gasteiger partial charge on any atom is -0.465 e. The van der Waals surface area contributed by atoms with Crippen LogP contribution in [0.5, 0.6) is 0 Å². The molecule has 0 saturated heterocycles. The lowest BCUT2D eigenvalue weighted by molar-refractivity contribution is -0.111. The molecule has 22 heavy (non-hydrogen) atoms. The van der Waals surface area contributed by atoms with E-state index in [1.807, 2.05) is 25.1 Å². The van der Waals surface area contributed by atoms with Crippen LogP contribution in [0.15, 0.2) is 55.1 Å². The Morgan fingerprint density at radius 2 is 1.82 bits per heavy atom. The summed E-state index contributed by atoms with van der Waals surface area (Å²) in [5.41, 5.74) is 4.16. The number of carbonyl (C=O) groups is 2. The number of carbonyl (C=O) groups excluding carboxylic acids is 2. The van der Waals surface area contributed by atoms with Crippen molar-refractivity contribution in [2.45, 2.75) is 6.92 Å². The quantitative estimate of drug-likeness (QED) is 0.693. The maximum Gasteiger partial charge on any atom is 0.337 e. The van der Waals surface area contributed by atoms with Gasteiger partial charge in [-0.2, -0.15) is 0 Å². The summed E-state index contributed by atoms with van der Waals surface area (Å²) >= 11 is 0. The van der Waals surface area contributed by atoms with Crippen LogP contribution in [-0.4, -0.2) is 19.0 Å². The Morgan fingerprint density at radius 1 is 1.14 bits per heavy atom. The van der Waals surface area contributed by atoms with Gasteiger partial charge in [-0.15, -0.1) is 0 Å². The lowest BCUT2D eigenvalue weighted by Crippen LogP contribution is -2.06. The Morgan fingerprint density at radius 3 is 2.41 bits per heavy atom. The largest absolute Gasteiger partial charge is 0.465 e. The van der Waals surface area contributed by atoms with Crippen LogP contribution in [-0.2, 0) is 9.53 Å². The molecule has 1 N–H and O–H groups in total. The maximum absolute atomic E-state index is 11.6. The van der Waals surface area contributed by atoms with Gasteiger partial charge in [-0.05, 0) is 54.0 Å². The standard InChI is InChI=1S/C18H17NO3/c1-4-17(20)19-15-9-7-13(8-10-15)16-11-14(18(21)22-3)6-5-12(16)2/h4-11H,1H2,2-3H3,(H,19,20). The van der Waals surface area contributed by atoms with Gasteiger partial charge in [0.15, 0.2) is 0 Å². The van der Waals surface area contributed by atoms with Crippen molar-refractivity contribution in [3.8, 4) is 11.1 Å². The third-order valence-electron chi connectivity index (χ3n) is 3.31. The van der Waals surface area contributed by atoms with Crippen LogP contribution in [0.3, 0.4) is 0 Å². The number of esters is 1. The second-order valence-electron chi connectivity index (χ2n) is 4.79. The molecule has 0 bridgehead atoms. The molecule has 4 heteroatoms. The molecule has 0 heterocycles. The number of amides is 1. The van der Waals surface area contributed by atoms with Gasteiger partial charge in [0, 0.05) is 5.69 Å². The van der Waals surface area contributed by atoms with E-state index in [9.17, 15) is 9.59 Å². The third kappa shape index (κ3) is 3.41. The fourth-order valence-electron chi connectivity index (χ4n) is 2.10. The molecule has 0 aromatic heterocycles. The SMILES string of the molecule is C=CC(=O)Nc1ccc(-c2cc(C(=O)OC)ccc2C)cc1. The van der Waals surface area contributed by atoms with E-state index in [2.05, 4.69) is 11.9 Å². The number of hydrogen-bond donors (Lipinski definition) is 1. The lowest BCUT2D eigenvalue weighted by Gasteiger charge is -2.09. The van der Waals surface area contributed by atoms with Crippen molar-refractivity contribution >= 4 is 17.6 Å². The molecule has 112 valence electrons. The predicted molar refractivity (Wildman–Crippen MR) is 86.8 cm³/mol. The average Bonchev–Trinajstić information content (AvgIpc) is 2.55. The predicted octanol–water partition coefficient (Wildman–Crippen LogP) is 3.57. The summed E-state index contributed by atoms with van der Waals surface area (Å²) in [7, 11) is 1.36. The molecule has 1 amide bonds. The first kappa shape index (κ1) is 15.5. The zero-order valence-corrected chi connectivity index (χ0v) is 12.6. The summed E-state index contributed by atoms with van der Waals surface area (Å²) in [5, 5.41) is 2.69. The van der Waals surface area contributed by atoms with E-state index < -0.39 is 0 Å². The highest BCUT2D eigenvalue weighted by atomic mass is 16.5. The number of hydrogen-bond acceptors (Lipinski definition) is 3. The van der Waals surface area contributed by atoms with E-state index in [1.54, 1.807) is 24.3 Å². The van der Waals surface area contributed by atoms with Gasteiger partial charge in [-0.1, -0.05) is 24.8 Å². The highest BCUT2D eigenvalue weighted by molar-refractivity contribution is 5.99. The minimum atomic E-state index is -0.365. The molecule has 0 aliphatic rings. The smallest absolute Gasteiger partial charge is 0.337 e. The zero-order chi connectivity index (χ0) is 16.1. The van der Waals surface area contributed by atoms with Crippen LogP contribution in [0.1, 0.15) is 15.9 Å². The molecule has 0 saturated carbocycles. The molecule has 0 atom stereocenters. The van der Waals surface area contributed by atoms with Crippen molar-refractivity contribution in [3.63, 3.8) is 0 Å². The summed E-state index contributed by atoms with van der Waals surface area (Å²) < 4.78 is 4.75. The van der Waals surface area contributed by atoms with E-state index in [1.165, 1.54) is 13.2 Å².